The van der Waals surface area contributed by atoms with E-state index in [-0.39, 0.29) is 11.8 Å². The smallest absolute Gasteiger partial charge is 0.306 e. The second kappa shape index (κ2) is 4.00. The van der Waals surface area contributed by atoms with Crippen LogP contribution < -0.4 is 10.7 Å². The van der Waals surface area contributed by atoms with Crippen molar-refractivity contribution in [3.05, 3.63) is 42.4 Å². The molecule has 0 aliphatic carbocycles. The Labute approximate surface area is 86.4 Å². The highest BCUT2D eigenvalue weighted by Gasteiger charge is 2.13. The van der Waals surface area contributed by atoms with Gasteiger partial charge in [-0.2, -0.15) is 0 Å². The van der Waals surface area contributed by atoms with E-state index in [4.69, 9.17) is 0 Å². The molecule has 2 N–H and O–H groups in total. The number of hydrogen-bond acceptors (Lipinski definition) is 2. The topological polar surface area (TPSA) is 44.4 Å². The Balaban J connectivity index is 1.96. The van der Waals surface area contributed by atoms with E-state index < -0.39 is 0 Å². The molecule has 0 atom stereocenters. The van der Waals surface area contributed by atoms with Crippen LogP contribution in [0.5, 0.6) is 0 Å². The number of benzene rings is 1. The summed E-state index contributed by atoms with van der Waals surface area (Å²) < 4.78 is 12.6. The van der Waals surface area contributed by atoms with Crippen LogP contribution in [0.3, 0.4) is 0 Å². The lowest BCUT2D eigenvalue weighted by atomic mass is 10.3. The number of urea groups is 1. The average molecular weight is 207 g/mol. The van der Waals surface area contributed by atoms with Crippen LogP contribution in [-0.2, 0) is 0 Å². The maximum absolute atomic E-state index is 12.6. The Morgan fingerprint density at radius 2 is 2.13 bits per heavy atom. The van der Waals surface area contributed by atoms with Gasteiger partial charge < -0.3 is 10.7 Å². The van der Waals surface area contributed by atoms with Gasteiger partial charge in [-0.1, -0.05) is 0 Å². The molecule has 2 amide bonds. The fraction of sp³-hybridized carbons (Fsp3) is 0.100. The fourth-order valence-electron chi connectivity index (χ4n) is 1.22. The molecule has 2 rings (SSSR count). The number of hydrazine groups is 1. The molecule has 0 radical (unpaired) electrons. The van der Waals surface area contributed by atoms with Crippen molar-refractivity contribution in [3.63, 3.8) is 0 Å². The number of nitrogens with one attached hydrogen (secondary N) is 2. The number of hydrogen-bond donors (Lipinski definition) is 2. The lowest BCUT2D eigenvalue weighted by Crippen LogP contribution is -2.39. The van der Waals surface area contributed by atoms with Crippen molar-refractivity contribution in [2.45, 2.75) is 0 Å². The first-order valence-corrected chi connectivity index (χ1v) is 4.51. The molecule has 0 saturated carbocycles. The molecule has 15 heavy (non-hydrogen) atoms. The number of amides is 2. The summed E-state index contributed by atoms with van der Waals surface area (Å²) in [4.78, 5) is 11.5. The van der Waals surface area contributed by atoms with Crippen molar-refractivity contribution in [2.75, 3.05) is 11.9 Å². The summed E-state index contributed by atoms with van der Waals surface area (Å²) in [6, 6.07) is 5.34. The maximum Gasteiger partial charge on any atom is 0.340 e. The minimum atomic E-state index is -0.325. The normalized spacial score (nSPS) is 13.8. The van der Waals surface area contributed by atoms with E-state index in [0.29, 0.717) is 12.2 Å². The summed E-state index contributed by atoms with van der Waals surface area (Å²) in [5.41, 5.74) is 3.32. The van der Waals surface area contributed by atoms with E-state index >= 15 is 0 Å². The summed E-state index contributed by atoms with van der Waals surface area (Å²) in [6.45, 7) is 0.521. The predicted octanol–water partition coefficient (Wildman–Crippen LogP) is 1.69. The van der Waals surface area contributed by atoms with E-state index in [1.54, 1.807) is 6.20 Å². The maximum atomic E-state index is 12.6. The lowest BCUT2D eigenvalue weighted by Gasteiger charge is -2.16. The van der Waals surface area contributed by atoms with Gasteiger partial charge in [0, 0.05) is 11.9 Å². The summed E-state index contributed by atoms with van der Waals surface area (Å²) in [5.74, 6) is -0.325. The molecule has 0 unspecified atom stereocenters. The van der Waals surface area contributed by atoms with Crippen molar-refractivity contribution in [3.8, 4) is 0 Å². The highest BCUT2D eigenvalue weighted by atomic mass is 19.1. The number of halogens is 1. The number of rotatable bonds is 1. The van der Waals surface area contributed by atoms with Crippen molar-refractivity contribution >= 4 is 11.7 Å². The van der Waals surface area contributed by atoms with Crippen LogP contribution in [0.15, 0.2) is 36.5 Å². The Bertz CT molecular complexity index is 380. The zero-order valence-electron chi connectivity index (χ0n) is 7.90. The molecule has 1 aromatic carbocycles. The van der Waals surface area contributed by atoms with Crippen LogP contribution >= 0.6 is 0 Å². The van der Waals surface area contributed by atoms with Gasteiger partial charge in [0.15, 0.2) is 0 Å². The van der Waals surface area contributed by atoms with Crippen molar-refractivity contribution < 1.29 is 9.18 Å². The first-order valence-electron chi connectivity index (χ1n) is 4.51. The SMILES string of the molecule is O=C(Nc1ccc(F)cc1)N1CC=CN1. The molecular formula is C10H10FN3O. The van der Waals surface area contributed by atoms with E-state index in [2.05, 4.69) is 10.7 Å². The zero-order valence-corrected chi connectivity index (χ0v) is 7.90. The van der Waals surface area contributed by atoms with E-state index in [0.717, 1.165) is 0 Å². The molecule has 78 valence electrons. The van der Waals surface area contributed by atoms with Gasteiger partial charge in [0.25, 0.3) is 0 Å². The van der Waals surface area contributed by atoms with Crippen LogP contribution in [0.4, 0.5) is 14.9 Å². The monoisotopic (exact) mass is 207 g/mol. The molecule has 4 nitrogen and oxygen atoms in total. The number of nitrogens with zero attached hydrogens (tertiary/aromatic N) is 1. The molecule has 1 aromatic rings. The van der Waals surface area contributed by atoms with Gasteiger partial charge in [-0.05, 0) is 30.3 Å². The van der Waals surface area contributed by atoms with Crippen LogP contribution in [0.1, 0.15) is 0 Å². The van der Waals surface area contributed by atoms with Crippen molar-refractivity contribution in [1.82, 2.24) is 10.4 Å². The number of carbonyl (C=O) groups excluding carboxylic acids is 1. The van der Waals surface area contributed by atoms with Gasteiger partial charge in [0.05, 0.1) is 6.54 Å². The van der Waals surface area contributed by atoms with E-state index in [1.165, 1.54) is 29.3 Å². The van der Waals surface area contributed by atoms with E-state index in [9.17, 15) is 9.18 Å². The lowest BCUT2D eigenvalue weighted by molar-refractivity contribution is 0.208. The molecule has 1 aliphatic rings. The van der Waals surface area contributed by atoms with Crippen LogP contribution in [0.25, 0.3) is 0 Å². The third kappa shape index (κ3) is 2.25. The van der Waals surface area contributed by atoms with Crippen LogP contribution in [0.2, 0.25) is 0 Å². The Hall–Kier alpha value is -2.04. The molecule has 0 saturated heterocycles. The van der Waals surface area contributed by atoms with Gasteiger partial charge >= 0.3 is 6.03 Å². The second-order valence-electron chi connectivity index (χ2n) is 3.08. The van der Waals surface area contributed by atoms with Crippen LogP contribution in [0, 0.1) is 5.82 Å². The molecular weight excluding hydrogens is 197 g/mol. The summed E-state index contributed by atoms with van der Waals surface area (Å²) >= 11 is 0. The highest BCUT2D eigenvalue weighted by molar-refractivity contribution is 5.89. The number of anilines is 1. The zero-order chi connectivity index (χ0) is 10.7. The molecule has 0 spiro atoms. The van der Waals surface area contributed by atoms with E-state index in [1.807, 2.05) is 6.08 Å². The summed E-state index contributed by atoms with van der Waals surface area (Å²) in [5, 5.41) is 4.03. The first-order chi connectivity index (χ1) is 7.25. The average Bonchev–Trinajstić information content (AvgIpc) is 2.74. The second-order valence-corrected chi connectivity index (χ2v) is 3.08. The predicted molar refractivity (Wildman–Crippen MR) is 54.4 cm³/mol. The quantitative estimate of drug-likeness (QED) is 0.736. The number of carbonyl (C=O) groups is 1. The van der Waals surface area contributed by atoms with Gasteiger partial charge in [-0.15, -0.1) is 0 Å². The molecule has 1 aliphatic heterocycles. The molecule has 5 heteroatoms. The van der Waals surface area contributed by atoms with Gasteiger partial charge in [0.1, 0.15) is 5.82 Å². The van der Waals surface area contributed by atoms with Crippen molar-refractivity contribution in [2.24, 2.45) is 0 Å². The fourth-order valence-corrected chi connectivity index (χ4v) is 1.22. The third-order valence-corrected chi connectivity index (χ3v) is 1.98. The molecule has 1 heterocycles. The first kappa shape index (κ1) is 9.51. The molecule has 0 aromatic heterocycles. The van der Waals surface area contributed by atoms with Gasteiger partial charge in [0.2, 0.25) is 0 Å². The Morgan fingerprint density at radius 1 is 1.40 bits per heavy atom. The minimum absolute atomic E-state index is 0.272. The Morgan fingerprint density at radius 3 is 2.73 bits per heavy atom. The van der Waals surface area contributed by atoms with Crippen LogP contribution in [-0.4, -0.2) is 17.6 Å². The third-order valence-electron chi connectivity index (χ3n) is 1.98. The standard InChI is InChI=1S/C10H10FN3O/c11-8-2-4-9(5-3-8)13-10(15)14-7-1-6-12-14/h1-6,12H,7H2,(H,13,15). The molecule has 0 bridgehead atoms. The molecule has 0 fully saturated rings. The van der Waals surface area contributed by atoms with Gasteiger partial charge in [-0.25, -0.2) is 14.2 Å². The minimum Gasteiger partial charge on any atom is -0.306 e. The summed E-state index contributed by atoms with van der Waals surface area (Å²) in [6.07, 6.45) is 3.51. The summed E-state index contributed by atoms with van der Waals surface area (Å²) in [7, 11) is 0. The Kier molecular flexibility index (Phi) is 2.53. The highest BCUT2D eigenvalue weighted by Crippen LogP contribution is 2.09. The van der Waals surface area contributed by atoms with Crippen molar-refractivity contribution in [1.29, 1.82) is 0 Å². The van der Waals surface area contributed by atoms with Gasteiger partial charge in [-0.3, -0.25) is 0 Å². The largest absolute Gasteiger partial charge is 0.340 e.